The van der Waals surface area contributed by atoms with E-state index in [2.05, 4.69) is 46.8 Å². The third kappa shape index (κ3) is 2.23. The fourth-order valence-corrected chi connectivity index (χ4v) is 3.91. The third-order valence-electron chi connectivity index (χ3n) is 5.03. The molecule has 2 aromatic rings. The van der Waals surface area contributed by atoms with Crippen molar-refractivity contribution < 1.29 is 4.79 Å². The zero-order chi connectivity index (χ0) is 14.4. The molecule has 4 rings (SSSR count). The normalized spacial score (nSPS) is 27.4. The van der Waals surface area contributed by atoms with E-state index >= 15 is 0 Å². The Labute approximate surface area is 124 Å². The SMILES string of the molecule is Cc1cc2ccc(CNC(=O)C3[C@@H]4CNC[C@H]3C4)cc2[nH]1. The van der Waals surface area contributed by atoms with Gasteiger partial charge in [0.1, 0.15) is 0 Å². The molecule has 3 atom stereocenters. The molecular formula is C17H21N3O. The van der Waals surface area contributed by atoms with Gasteiger partial charge in [0.15, 0.2) is 0 Å². The molecule has 1 aromatic carbocycles. The zero-order valence-electron chi connectivity index (χ0n) is 12.3. The van der Waals surface area contributed by atoms with Crippen LogP contribution in [0.3, 0.4) is 0 Å². The molecule has 1 saturated heterocycles. The molecule has 2 fully saturated rings. The van der Waals surface area contributed by atoms with Gasteiger partial charge in [-0.05, 0) is 61.4 Å². The van der Waals surface area contributed by atoms with Crippen LogP contribution in [-0.2, 0) is 11.3 Å². The predicted molar refractivity (Wildman–Crippen MR) is 82.8 cm³/mol. The summed E-state index contributed by atoms with van der Waals surface area (Å²) in [4.78, 5) is 15.7. The van der Waals surface area contributed by atoms with Gasteiger partial charge in [0.05, 0.1) is 0 Å². The number of rotatable bonds is 3. The second-order valence-electron chi connectivity index (χ2n) is 6.53. The first-order valence-electron chi connectivity index (χ1n) is 7.77. The smallest absolute Gasteiger partial charge is 0.224 e. The number of H-pyrrole nitrogens is 1. The Kier molecular flexibility index (Phi) is 3.00. The largest absolute Gasteiger partial charge is 0.359 e. The highest BCUT2D eigenvalue weighted by Gasteiger charge is 2.47. The summed E-state index contributed by atoms with van der Waals surface area (Å²) in [5, 5.41) is 7.73. The van der Waals surface area contributed by atoms with Gasteiger partial charge in [-0.2, -0.15) is 0 Å². The lowest BCUT2D eigenvalue weighted by molar-refractivity contribution is -0.136. The number of piperidine rings is 2. The minimum Gasteiger partial charge on any atom is -0.359 e. The molecule has 1 aliphatic carbocycles. The maximum absolute atomic E-state index is 12.3. The van der Waals surface area contributed by atoms with Crippen molar-refractivity contribution in [1.29, 1.82) is 0 Å². The Balaban J connectivity index is 1.42. The number of amides is 1. The first-order valence-corrected chi connectivity index (χ1v) is 7.77. The average molecular weight is 283 g/mol. The number of hydrogen-bond donors (Lipinski definition) is 3. The summed E-state index contributed by atoms with van der Waals surface area (Å²) in [6.45, 7) is 4.69. The highest BCUT2D eigenvalue weighted by atomic mass is 16.1. The van der Waals surface area contributed by atoms with E-state index in [0.717, 1.165) is 24.2 Å². The maximum Gasteiger partial charge on any atom is 0.224 e. The maximum atomic E-state index is 12.3. The molecule has 0 radical (unpaired) electrons. The first kappa shape index (κ1) is 12.9. The monoisotopic (exact) mass is 283 g/mol. The summed E-state index contributed by atoms with van der Waals surface area (Å²) in [6, 6.07) is 8.48. The summed E-state index contributed by atoms with van der Waals surface area (Å²) >= 11 is 0. The lowest BCUT2D eigenvalue weighted by atomic mass is 9.62. The minimum absolute atomic E-state index is 0.237. The number of nitrogens with one attached hydrogen (secondary N) is 3. The number of fused-ring (bicyclic) bond motifs is 3. The second-order valence-corrected chi connectivity index (χ2v) is 6.53. The van der Waals surface area contributed by atoms with Crippen LogP contribution in [0.4, 0.5) is 0 Å². The van der Waals surface area contributed by atoms with Crippen molar-refractivity contribution in [2.75, 3.05) is 13.1 Å². The molecule has 1 unspecified atom stereocenters. The lowest BCUT2D eigenvalue weighted by Gasteiger charge is -2.48. The number of hydrogen-bond acceptors (Lipinski definition) is 2. The van der Waals surface area contributed by atoms with Gasteiger partial charge in [-0.15, -0.1) is 0 Å². The molecule has 0 spiro atoms. The topological polar surface area (TPSA) is 56.9 Å². The highest BCUT2D eigenvalue weighted by molar-refractivity contribution is 5.82. The molecular weight excluding hydrogens is 262 g/mol. The van der Waals surface area contributed by atoms with Crippen molar-refractivity contribution in [2.45, 2.75) is 19.9 Å². The summed E-state index contributed by atoms with van der Waals surface area (Å²) < 4.78 is 0. The van der Waals surface area contributed by atoms with Crippen molar-refractivity contribution >= 4 is 16.8 Å². The number of aryl methyl sites for hydroxylation is 1. The Morgan fingerprint density at radius 1 is 1.29 bits per heavy atom. The summed E-state index contributed by atoms with van der Waals surface area (Å²) in [5.74, 6) is 1.58. The molecule has 1 amide bonds. The van der Waals surface area contributed by atoms with E-state index in [9.17, 15) is 4.79 Å². The highest BCUT2D eigenvalue weighted by Crippen LogP contribution is 2.42. The number of aromatic amines is 1. The van der Waals surface area contributed by atoms with Crippen LogP contribution in [0.15, 0.2) is 24.3 Å². The fourth-order valence-electron chi connectivity index (χ4n) is 3.91. The van der Waals surface area contributed by atoms with Crippen LogP contribution in [0.2, 0.25) is 0 Å². The molecule has 4 heteroatoms. The van der Waals surface area contributed by atoms with Gasteiger partial charge in [0.25, 0.3) is 0 Å². The molecule has 21 heavy (non-hydrogen) atoms. The van der Waals surface area contributed by atoms with E-state index in [0.29, 0.717) is 18.4 Å². The van der Waals surface area contributed by atoms with Crippen LogP contribution in [0.1, 0.15) is 17.7 Å². The molecule has 4 nitrogen and oxygen atoms in total. The second kappa shape index (κ2) is 4.88. The van der Waals surface area contributed by atoms with E-state index in [1.807, 2.05) is 0 Å². The quantitative estimate of drug-likeness (QED) is 0.806. The van der Waals surface area contributed by atoms with Crippen LogP contribution in [-0.4, -0.2) is 24.0 Å². The molecule has 1 saturated carbocycles. The van der Waals surface area contributed by atoms with Gasteiger partial charge in [0.2, 0.25) is 5.91 Å². The standard InChI is InChI=1S/C17H21N3O/c1-10-4-12-3-2-11(5-15(12)20-10)7-19-17(21)16-13-6-14(16)9-18-8-13/h2-5,13-14,16,18,20H,6-9H2,1H3,(H,19,21)/t13-,14+,16?. The van der Waals surface area contributed by atoms with Crippen LogP contribution in [0.25, 0.3) is 10.9 Å². The van der Waals surface area contributed by atoms with Crippen LogP contribution in [0, 0.1) is 24.7 Å². The molecule has 2 aliphatic rings. The van der Waals surface area contributed by atoms with Gasteiger partial charge in [-0.3, -0.25) is 4.79 Å². The van der Waals surface area contributed by atoms with E-state index in [1.165, 1.54) is 17.5 Å². The van der Waals surface area contributed by atoms with Crippen LogP contribution < -0.4 is 10.6 Å². The van der Waals surface area contributed by atoms with E-state index in [1.54, 1.807) is 0 Å². The third-order valence-corrected chi connectivity index (χ3v) is 5.03. The van der Waals surface area contributed by atoms with Gasteiger partial charge >= 0.3 is 0 Å². The number of carbonyl (C=O) groups excluding carboxylic acids is 1. The number of carbonyl (C=O) groups is 1. The number of aromatic nitrogens is 1. The minimum atomic E-state index is 0.237. The number of benzene rings is 1. The summed E-state index contributed by atoms with van der Waals surface area (Å²) in [6.07, 6.45) is 1.22. The average Bonchev–Trinajstić information content (AvgIpc) is 2.85. The lowest BCUT2D eigenvalue weighted by Crippen LogP contribution is -2.58. The van der Waals surface area contributed by atoms with E-state index in [4.69, 9.17) is 0 Å². The molecule has 1 aliphatic heterocycles. The Morgan fingerprint density at radius 2 is 2.10 bits per heavy atom. The Bertz CT molecular complexity index is 676. The summed E-state index contributed by atoms with van der Waals surface area (Å²) in [5.41, 5.74) is 3.46. The molecule has 1 aromatic heterocycles. The van der Waals surface area contributed by atoms with Crippen molar-refractivity contribution in [3.63, 3.8) is 0 Å². The molecule has 3 N–H and O–H groups in total. The van der Waals surface area contributed by atoms with Gasteiger partial charge < -0.3 is 15.6 Å². The molecule has 2 heterocycles. The van der Waals surface area contributed by atoms with Crippen molar-refractivity contribution in [1.82, 2.24) is 15.6 Å². The molecule has 2 bridgehead atoms. The molecule has 110 valence electrons. The van der Waals surface area contributed by atoms with Gasteiger partial charge in [-0.25, -0.2) is 0 Å². The van der Waals surface area contributed by atoms with Crippen LogP contribution >= 0.6 is 0 Å². The Morgan fingerprint density at radius 3 is 2.86 bits per heavy atom. The van der Waals surface area contributed by atoms with Crippen molar-refractivity contribution in [3.8, 4) is 0 Å². The summed E-state index contributed by atoms with van der Waals surface area (Å²) in [7, 11) is 0. The van der Waals surface area contributed by atoms with Crippen LogP contribution in [0.5, 0.6) is 0 Å². The fraction of sp³-hybridized carbons (Fsp3) is 0.471. The van der Waals surface area contributed by atoms with E-state index < -0.39 is 0 Å². The van der Waals surface area contributed by atoms with Gasteiger partial charge in [-0.1, -0.05) is 12.1 Å². The zero-order valence-corrected chi connectivity index (χ0v) is 12.3. The van der Waals surface area contributed by atoms with Crippen molar-refractivity contribution in [3.05, 3.63) is 35.5 Å². The van der Waals surface area contributed by atoms with E-state index in [-0.39, 0.29) is 11.8 Å². The predicted octanol–water partition coefficient (Wildman–Crippen LogP) is 1.95. The van der Waals surface area contributed by atoms with Gasteiger partial charge in [0, 0.05) is 23.7 Å². The Hall–Kier alpha value is -1.81. The van der Waals surface area contributed by atoms with Crippen molar-refractivity contribution in [2.24, 2.45) is 17.8 Å². The first-order chi connectivity index (χ1) is 10.2.